The lowest BCUT2D eigenvalue weighted by molar-refractivity contribution is 0.0595. The van der Waals surface area contributed by atoms with Crippen molar-refractivity contribution in [2.24, 2.45) is 0 Å². The normalized spacial score (nSPS) is 12.0. The van der Waals surface area contributed by atoms with Gasteiger partial charge in [-0.1, -0.05) is 20.8 Å². The summed E-state index contributed by atoms with van der Waals surface area (Å²) in [4.78, 5) is 17.6. The highest BCUT2D eigenvalue weighted by Crippen LogP contribution is 2.29. The van der Waals surface area contributed by atoms with E-state index in [0.29, 0.717) is 5.69 Å². The molecule has 0 fully saturated rings. The minimum atomic E-state index is -0.395. The predicted molar refractivity (Wildman–Crippen MR) is 63.1 cm³/mol. The van der Waals surface area contributed by atoms with Gasteiger partial charge in [-0.15, -0.1) is 11.3 Å². The van der Waals surface area contributed by atoms with Gasteiger partial charge in [0.05, 0.1) is 7.11 Å². The first-order chi connectivity index (χ1) is 7.41. The molecular weight excluding hydrogens is 224 g/mol. The van der Waals surface area contributed by atoms with Gasteiger partial charge in [-0.2, -0.15) is 0 Å². The molecule has 4 nitrogen and oxygen atoms in total. The van der Waals surface area contributed by atoms with Crippen LogP contribution in [0.2, 0.25) is 0 Å². The molecule has 2 aromatic heterocycles. The van der Waals surface area contributed by atoms with Crippen LogP contribution in [-0.4, -0.2) is 22.5 Å². The summed E-state index contributed by atoms with van der Waals surface area (Å²) in [6.45, 7) is 6.46. The van der Waals surface area contributed by atoms with Crippen LogP contribution in [0, 0.1) is 0 Å². The smallest absolute Gasteiger partial charge is 0.358 e. The van der Waals surface area contributed by atoms with E-state index in [4.69, 9.17) is 0 Å². The van der Waals surface area contributed by atoms with Gasteiger partial charge in [0.2, 0.25) is 0 Å². The molecule has 0 amide bonds. The van der Waals surface area contributed by atoms with Crippen LogP contribution in [0.25, 0.3) is 4.96 Å². The maximum Gasteiger partial charge on any atom is 0.358 e. The fourth-order valence-electron chi connectivity index (χ4n) is 1.35. The zero-order valence-electron chi connectivity index (χ0n) is 9.77. The third kappa shape index (κ3) is 1.82. The van der Waals surface area contributed by atoms with Crippen molar-refractivity contribution < 1.29 is 9.53 Å². The number of nitrogens with zero attached hydrogens (tertiary/aromatic N) is 2. The summed E-state index contributed by atoms with van der Waals surface area (Å²) < 4.78 is 6.50. The Kier molecular flexibility index (Phi) is 2.50. The van der Waals surface area contributed by atoms with E-state index in [1.807, 2.05) is 10.6 Å². The van der Waals surface area contributed by atoms with Gasteiger partial charge in [0, 0.05) is 17.3 Å². The summed E-state index contributed by atoms with van der Waals surface area (Å²) in [5, 5.41) is 0. The van der Waals surface area contributed by atoms with Gasteiger partial charge >= 0.3 is 5.97 Å². The van der Waals surface area contributed by atoms with Gasteiger partial charge in [0.1, 0.15) is 0 Å². The summed E-state index contributed by atoms with van der Waals surface area (Å²) in [7, 11) is 1.36. The van der Waals surface area contributed by atoms with Crippen molar-refractivity contribution in [3.8, 4) is 0 Å². The van der Waals surface area contributed by atoms with E-state index in [1.165, 1.54) is 12.0 Å². The number of carbonyl (C=O) groups excluding carboxylic acids is 1. The number of methoxy groups -OCH3 is 1. The summed E-state index contributed by atoms with van der Waals surface area (Å²) >= 11 is 1.60. The molecule has 0 radical (unpaired) electrons. The molecule has 0 unspecified atom stereocenters. The first-order valence-corrected chi connectivity index (χ1v) is 5.81. The van der Waals surface area contributed by atoms with Crippen LogP contribution in [0.1, 0.15) is 36.1 Å². The molecule has 0 aliphatic rings. The van der Waals surface area contributed by atoms with E-state index in [9.17, 15) is 4.79 Å². The average Bonchev–Trinajstić information content (AvgIpc) is 2.71. The SMILES string of the molecule is COC(=O)c1cn2cc(C(C)(C)C)sc2n1. The summed E-state index contributed by atoms with van der Waals surface area (Å²) in [6.07, 6.45) is 3.71. The van der Waals surface area contributed by atoms with Crippen molar-refractivity contribution in [2.75, 3.05) is 7.11 Å². The highest BCUT2D eigenvalue weighted by molar-refractivity contribution is 7.17. The van der Waals surface area contributed by atoms with E-state index < -0.39 is 5.97 Å². The molecule has 0 aliphatic carbocycles. The molecule has 86 valence electrons. The van der Waals surface area contributed by atoms with Crippen molar-refractivity contribution in [1.82, 2.24) is 9.38 Å². The van der Waals surface area contributed by atoms with Crippen LogP contribution in [0.15, 0.2) is 12.4 Å². The highest BCUT2D eigenvalue weighted by atomic mass is 32.1. The Morgan fingerprint density at radius 1 is 1.44 bits per heavy atom. The van der Waals surface area contributed by atoms with E-state index in [2.05, 4.69) is 30.5 Å². The van der Waals surface area contributed by atoms with E-state index in [1.54, 1.807) is 17.5 Å². The molecule has 0 atom stereocenters. The van der Waals surface area contributed by atoms with Gasteiger partial charge in [0.15, 0.2) is 10.7 Å². The quantitative estimate of drug-likeness (QED) is 0.717. The van der Waals surface area contributed by atoms with Gasteiger partial charge in [0.25, 0.3) is 0 Å². The number of imidazole rings is 1. The van der Waals surface area contributed by atoms with E-state index >= 15 is 0 Å². The van der Waals surface area contributed by atoms with Crippen LogP contribution in [0.3, 0.4) is 0 Å². The minimum absolute atomic E-state index is 0.108. The minimum Gasteiger partial charge on any atom is -0.464 e. The van der Waals surface area contributed by atoms with Crippen LogP contribution >= 0.6 is 11.3 Å². The second kappa shape index (κ2) is 3.59. The van der Waals surface area contributed by atoms with Gasteiger partial charge in [-0.3, -0.25) is 4.40 Å². The zero-order valence-corrected chi connectivity index (χ0v) is 10.6. The van der Waals surface area contributed by atoms with Crippen molar-refractivity contribution in [2.45, 2.75) is 26.2 Å². The number of ether oxygens (including phenoxy) is 1. The zero-order chi connectivity index (χ0) is 11.9. The Labute approximate surface area is 97.9 Å². The molecular formula is C11H14N2O2S. The van der Waals surface area contributed by atoms with Gasteiger partial charge < -0.3 is 4.74 Å². The lowest BCUT2D eigenvalue weighted by Crippen LogP contribution is -2.08. The second-order valence-electron chi connectivity index (χ2n) is 4.65. The number of carbonyl (C=O) groups is 1. The molecule has 0 bridgehead atoms. The highest BCUT2D eigenvalue weighted by Gasteiger charge is 2.19. The van der Waals surface area contributed by atoms with Crippen molar-refractivity contribution in [3.05, 3.63) is 23.0 Å². The van der Waals surface area contributed by atoms with Crippen molar-refractivity contribution in [1.29, 1.82) is 0 Å². The maximum atomic E-state index is 11.3. The molecule has 0 saturated carbocycles. The monoisotopic (exact) mass is 238 g/mol. The lowest BCUT2D eigenvalue weighted by Gasteiger charge is -2.14. The topological polar surface area (TPSA) is 43.6 Å². The Balaban J connectivity index is 2.44. The molecule has 16 heavy (non-hydrogen) atoms. The first-order valence-electron chi connectivity index (χ1n) is 4.99. The van der Waals surface area contributed by atoms with Crippen molar-refractivity contribution in [3.63, 3.8) is 0 Å². The molecule has 0 N–H and O–H groups in total. The summed E-state index contributed by atoms with van der Waals surface area (Å²) in [5.41, 5.74) is 0.464. The Hall–Kier alpha value is -1.36. The predicted octanol–water partition coefficient (Wildman–Crippen LogP) is 2.48. The second-order valence-corrected chi connectivity index (χ2v) is 5.66. The number of rotatable bonds is 1. The fourth-order valence-corrected chi connectivity index (χ4v) is 2.37. The molecule has 2 aromatic rings. The maximum absolute atomic E-state index is 11.3. The third-order valence-corrected chi connectivity index (χ3v) is 3.71. The third-order valence-electron chi connectivity index (χ3n) is 2.29. The number of esters is 1. The molecule has 5 heteroatoms. The number of thiazole rings is 1. The number of hydrogen-bond donors (Lipinski definition) is 0. The van der Waals surface area contributed by atoms with E-state index in [0.717, 1.165) is 4.96 Å². The fraction of sp³-hybridized carbons (Fsp3) is 0.455. The number of hydrogen-bond acceptors (Lipinski definition) is 4. The van der Waals surface area contributed by atoms with Crippen LogP contribution in [0.4, 0.5) is 0 Å². The molecule has 2 rings (SSSR count). The molecule has 2 heterocycles. The van der Waals surface area contributed by atoms with Gasteiger partial charge in [-0.25, -0.2) is 9.78 Å². The molecule has 0 aromatic carbocycles. The van der Waals surface area contributed by atoms with Crippen molar-refractivity contribution >= 4 is 22.3 Å². The largest absolute Gasteiger partial charge is 0.464 e. The lowest BCUT2D eigenvalue weighted by atomic mass is 9.96. The molecule has 0 spiro atoms. The first kappa shape index (κ1) is 11.1. The van der Waals surface area contributed by atoms with Crippen LogP contribution in [-0.2, 0) is 10.2 Å². The Morgan fingerprint density at radius 3 is 2.62 bits per heavy atom. The van der Waals surface area contributed by atoms with Crippen LogP contribution in [0.5, 0.6) is 0 Å². The average molecular weight is 238 g/mol. The van der Waals surface area contributed by atoms with E-state index in [-0.39, 0.29) is 5.41 Å². The van der Waals surface area contributed by atoms with Crippen LogP contribution < -0.4 is 0 Å². The molecule has 0 aliphatic heterocycles. The summed E-state index contributed by atoms with van der Waals surface area (Å²) in [5.74, 6) is -0.395. The number of fused-ring (bicyclic) bond motifs is 1. The van der Waals surface area contributed by atoms with Gasteiger partial charge in [-0.05, 0) is 5.41 Å². The number of aromatic nitrogens is 2. The Morgan fingerprint density at radius 2 is 2.12 bits per heavy atom. The Bertz CT molecular complexity index is 502. The summed E-state index contributed by atoms with van der Waals surface area (Å²) in [6, 6.07) is 0. The molecule has 0 saturated heterocycles. The standard InChI is InChI=1S/C11H14N2O2S/c1-11(2,3)8-6-13-5-7(9(14)15-4)12-10(13)16-8/h5-6H,1-4H3.